The minimum atomic E-state index is -4.85. The summed E-state index contributed by atoms with van der Waals surface area (Å²) in [6, 6.07) is 4.29. The van der Waals surface area contributed by atoms with E-state index >= 15 is 0 Å². The van der Waals surface area contributed by atoms with Crippen LogP contribution in [0.1, 0.15) is 342 Å². The molecular weight excluding hydrogens is 1960 g/mol. The highest BCUT2D eigenvalue weighted by molar-refractivity contribution is 5.99. The molecule has 6 heterocycles. The fourth-order valence-corrected chi connectivity index (χ4v) is 17.0. The molecule has 0 aromatic carbocycles. The van der Waals surface area contributed by atoms with Crippen LogP contribution in [-0.4, -0.2) is 206 Å². The lowest BCUT2D eigenvalue weighted by atomic mass is 9.72. The Labute approximate surface area is 848 Å². The summed E-state index contributed by atoms with van der Waals surface area (Å²) in [7, 11) is 0. The van der Waals surface area contributed by atoms with Gasteiger partial charge in [0.25, 0.3) is 0 Å². The molecule has 6 aliphatic carbocycles. The smallest absolute Gasteiger partial charge is 0.425 e. The molecule has 17 unspecified atom stereocenters. The molecular formula is C103H154F12N2O29. The van der Waals surface area contributed by atoms with Crippen LogP contribution in [0.5, 0.6) is 0 Å². The van der Waals surface area contributed by atoms with Gasteiger partial charge in [0.15, 0.2) is 64.9 Å². The van der Waals surface area contributed by atoms with Gasteiger partial charge in [-0.15, -0.1) is 0 Å². The van der Waals surface area contributed by atoms with E-state index in [2.05, 4.69) is 51.9 Å². The minimum absolute atomic E-state index is 0.0239. The Morgan fingerprint density at radius 3 is 1.10 bits per heavy atom. The van der Waals surface area contributed by atoms with Crippen molar-refractivity contribution in [2.75, 3.05) is 6.61 Å². The number of hydrogen-bond donors (Lipinski definition) is 0. The topological polar surface area (TPSA) is 417 Å². The van der Waals surface area contributed by atoms with E-state index in [1.54, 1.807) is 69.2 Å². The molecule has 0 radical (unpaired) electrons. The Morgan fingerprint density at radius 1 is 0.397 bits per heavy atom. The van der Waals surface area contributed by atoms with Gasteiger partial charge in [0.2, 0.25) is 12.2 Å². The second-order valence-corrected chi connectivity index (χ2v) is 45.0. The van der Waals surface area contributed by atoms with Gasteiger partial charge in [-0.1, -0.05) is 89.5 Å². The van der Waals surface area contributed by atoms with Crippen molar-refractivity contribution in [1.29, 1.82) is 10.5 Å². The summed E-state index contributed by atoms with van der Waals surface area (Å²) in [4.78, 5) is 153. The zero-order valence-corrected chi connectivity index (χ0v) is 89.7. The highest BCUT2D eigenvalue weighted by Crippen LogP contribution is 2.64. The quantitative estimate of drug-likeness (QED) is 0.0336. The SMILES string of the molecule is CCC(C)(C(=O)OC(C)C(F)(F)F)C(=O)OC(C)C(F)(F)F.CCC(C)(C)C(=O)OC(C)C(F)(F)F.CCC(C)(C)C(=O)OC(C)C(F)(F)F.CCC(C)(C)C(=O)OC1C(=O)O[C@@H]2[C@H]3OC4(CCCCC4)O[C@H]3O[C@H]12.CCC(C)(C)C(=O)OC1C2CC3C1OC(=O)C3(C#N)C2.CCC(C)(C)C(=O)OC1CCC(C(C)(C)C)CC1.CCC(C)(C)C(=O)OC1CCOC1=O.CCC(C)C(=O)OC1C2CC3C1OC(=O)C3(C#N)C2. The number of esters is 13. The normalized spacial score (nSPS) is 29.0. The summed E-state index contributed by atoms with van der Waals surface area (Å²) in [6.45, 7) is 48.1. The summed E-state index contributed by atoms with van der Waals surface area (Å²) in [5.74, 6) is -7.93. The molecule has 12 aliphatic rings. The van der Waals surface area contributed by atoms with E-state index in [9.17, 15) is 126 Å². The van der Waals surface area contributed by atoms with Crippen LogP contribution in [0.4, 0.5) is 52.7 Å². The first kappa shape index (κ1) is 128. The van der Waals surface area contributed by atoms with E-state index in [-0.39, 0.29) is 83.6 Å². The Bertz CT molecular complexity index is 4530. The van der Waals surface area contributed by atoms with Crippen molar-refractivity contribution in [3.05, 3.63) is 0 Å². The maximum atomic E-state index is 12.3. The van der Waals surface area contributed by atoms with Crippen molar-refractivity contribution in [2.45, 2.75) is 464 Å². The van der Waals surface area contributed by atoms with Gasteiger partial charge in [0.05, 0.1) is 57.2 Å². The summed E-state index contributed by atoms with van der Waals surface area (Å²) in [5.41, 5.74) is -7.59. The zero-order valence-electron chi connectivity index (χ0n) is 89.7. The number of halogens is 12. The van der Waals surface area contributed by atoms with E-state index < -0.39 is 201 Å². The summed E-state index contributed by atoms with van der Waals surface area (Å²) >= 11 is 0. The molecule has 31 nitrogen and oxygen atoms in total. The molecule has 43 heteroatoms. The molecule has 21 atom stereocenters. The van der Waals surface area contributed by atoms with E-state index in [0.717, 1.165) is 90.9 Å². The van der Waals surface area contributed by atoms with Crippen LogP contribution in [0, 0.1) is 112 Å². The number of carbonyl (C=O) groups is 13. The highest BCUT2D eigenvalue weighted by Gasteiger charge is 2.74. The second-order valence-electron chi connectivity index (χ2n) is 45.0. The lowest BCUT2D eigenvalue weighted by Gasteiger charge is -2.37. The molecule has 6 saturated carbocycles. The van der Waals surface area contributed by atoms with Crippen molar-refractivity contribution in [3.8, 4) is 12.1 Å². The molecule has 6 saturated heterocycles. The molecule has 0 amide bonds. The van der Waals surface area contributed by atoms with E-state index in [0.29, 0.717) is 77.2 Å². The monoisotopic (exact) mass is 2110 g/mol. The predicted molar refractivity (Wildman–Crippen MR) is 494 cm³/mol. The predicted octanol–water partition coefficient (Wildman–Crippen LogP) is 20.4. The average molecular weight is 2110 g/mol. The number of nitriles is 2. The lowest BCUT2D eigenvalue weighted by molar-refractivity contribution is -0.246. The molecule has 6 aliphatic heterocycles. The zero-order chi connectivity index (χ0) is 112. The first-order valence-corrected chi connectivity index (χ1v) is 50.5. The third-order valence-corrected chi connectivity index (χ3v) is 31.1. The molecule has 834 valence electrons. The van der Waals surface area contributed by atoms with Crippen molar-refractivity contribution in [3.63, 3.8) is 0 Å². The first-order valence-electron chi connectivity index (χ1n) is 50.5. The standard InChI is InChI=1S/C18H26O7.C16H30O2.C15H19NO4.C14H17NO4.C12H16F6O4.C10H16O4.2C9H15F3O2/c1-4-17(2,3)16(20)23-12-10-11(21-14(12)19)13-15(22-10)25-18(24-13)8-6-5-7-9-18;1-7-16(5,6)14(17)18-13-10-8-12(9-11-13)15(2,3)4;1-4-14(2,3)12(17)19-10-8-5-9-11(10)20-13(18)15(9,6-8)7-16;1-3-7(2)12(16)18-10-8-4-9-11(10)19-13(17)14(9,5-8)6-15;1-5-10(4,8(19)21-6(2)11(13,14)15)9(20)22-7(3)12(16,17)18;1-4-10(2,3)9(12)14-7-5-6-13-8(7)11;2*1-5-8(3,4)7(13)14-6(2)9(10,11)12/h10-13,15H,4-9H2,1-3H3;12-13H,7-11H2,1-6H3;8-11H,4-6H2,1-3H3;7-11H,3-5H2,1-2H3;6-7H,5H2,1-4H3;7H,4-6H2,1-3H3;2*6H,5H2,1-4H3/t10-,11-,12?,13+,15+;;;;;;;/m0......./s1. The van der Waals surface area contributed by atoms with Gasteiger partial charge in [-0.25, -0.2) is 9.59 Å². The van der Waals surface area contributed by atoms with Crippen LogP contribution in [0.25, 0.3) is 0 Å². The average Bonchev–Trinajstić information content (AvgIpc) is 1.54. The molecule has 0 aromatic rings. The minimum Gasteiger partial charge on any atom is -0.463 e. The van der Waals surface area contributed by atoms with Crippen molar-refractivity contribution >= 4 is 77.6 Å². The van der Waals surface area contributed by atoms with Gasteiger partial charge in [-0.2, -0.15) is 63.2 Å². The van der Waals surface area contributed by atoms with Crippen molar-refractivity contribution in [1.82, 2.24) is 0 Å². The van der Waals surface area contributed by atoms with Crippen LogP contribution in [-0.2, 0) is 138 Å². The second kappa shape index (κ2) is 49.5. The van der Waals surface area contributed by atoms with Gasteiger partial charge < -0.3 is 75.8 Å². The number of cyclic esters (lactones) is 1. The van der Waals surface area contributed by atoms with Gasteiger partial charge in [0.1, 0.15) is 36.6 Å². The Kier molecular flexibility index (Phi) is 43.2. The fraction of sp³-hybridized carbons (Fsp3) is 0.854. The number of ether oxygens (including phenoxy) is 16. The number of rotatable bonds is 26. The maximum Gasteiger partial charge on any atom is 0.425 e. The van der Waals surface area contributed by atoms with Gasteiger partial charge >= 0.3 is 102 Å². The summed E-state index contributed by atoms with van der Waals surface area (Å²) in [6.07, 6.45) is -16.8. The Morgan fingerprint density at radius 2 is 0.753 bits per heavy atom. The molecule has 12 fully saturated rings. The fourth-order valence-electron chi connectivity index (χ4n) is 17.0. The van der Waals surface area contributed by atoms with Gasteiger partial charge in [0, 0.05) is 42.9 Å². The number of alkyl halides is 12. The molecule has 0 aromatic heterocycles. The highest BCUT2D eigenvalue weighted by atomic mass is 19.4. The van der Waals surface area contributed by atoms with Gasteiger partial charge in [-0.05, 0) is 245 Å². The van der Waals surface area contributed by atoms with Crippen LogP contribution in [0.3, 0.4) is 0 Å². The van der Waals surface area contributed by atoms with Gasteiger partial charge in [-0.3, -0.25) is 52.7 Å². The van der Waals surface area contributed by atoms with Crippen LogP contribution >= 0.6 is 0 Å². The number of carbonyl (C=O) groups excluding carboxylic acids is 13. The summed E-state index contributed by atoms with van der Waals surface area (Å²) in [5, 5.41) is 18.6. The molecule has 146 heavy (non-hydrogen) atoms. The maximum absolute atomic E-state index is 12.3. The third-order valence-electron chi connectivity index (χ3n) is 31.1. The molecule has 0 N–H and O–H groups in total. The van der Waals surface area contributed by atoms with Crippen LogP contribution in [0.2, 0.25) is 0 Å². The largest absolute Gasteiger partial charge is 0.463 e. The Balaban J connectivity index is 0.000000296. The lowest BCUT2D eigenvalue weighted by Crippen LogP contribution is -2.45. The van der Waals surface area contributed by atoms with Crippen LogP contribution < -0.4 is 0 Å². The van der Waals surface area contributed by atoms with Crippen LogP contribution in [0.15, 0.2) is 0 Å². The summed E-state index contributed by atoms with van der Waals surface area (Å²) < 4.78 is 229. The van der Waals surface area contributed by atoms with E-state index in [4.69, 9.17) is 56.8 Å². The van der Waals surface area contributed by atoms with E-state index in [1.165, 1.54) is 26.2 Å². The molecule has 1 spiro atoms. The van der Waals surface area contributed by atoms with Crippen molar-refractivity contribution in [2.24, 2.45) is 89.7 Å². The Hall–Kier alpha value is -8.87. The number of nitrogens with zero attached hydrogens (tertiary/aromatic N) is 2. The van der Waals surface area contributed by atoms with E-state index in [1.807, 2.05) is 69.2 Å². The molecule has 4 bridgehead atoms. The number of fused-ring (bicyclic) bond motifs is 5. The third kappa shape index (κ3) is 31.0. The first-order chi connectivity index (χ1) is 66.7. The number of hydrogen-bond acceptors (Lipinski definition) is 31. The van der Waals surface area contributed by atoms with Crippen molar-refractivity contribution < 1.29 is 191 Å². The molecule has 12 rings (SSSR count).